The number of nitriles is 1. The van der Waals surface area contributed by atoms with E-state index in [9.17, 15) is 5.26 Å². The molecular formula is C46H32N2O2. The molecule has 0 amide bonds. The van der Waals surface area contributed by atoms with Crippen LogP contribution in [-0.2, 0) is 0 Å². The van der Waals surface area contributed by atoms with Crippen LogP contribution in [0.4, 0.5) is 0 Å². The van der Waals surface area contributed by atoms with Gasteiger partial charge in [0.15, 0.2) is 0 Å². The van der Waals surface area contributed by atoms with Gasteiger partial charge in [-0.05, 0) is 106 Å². The molecule has 0 saturated heterocycles. The van der Waals surface area contributed by atoms with Crippen LogP contribution in [0.5, 0.6) is 11.5 Å². The molecule has 238 valence electrons. The highest BCUT2D eigenvalue weighted by molar-refractivity contribution is 6.09. The summed E-state index contributed by atoms with van der Waals surface area (Å²) in [6.07, 6.45) is 0. The Bertz CT molecular complexity index is 2570. The van der Waals surface area contributed by atoms with Gasteiger partial charge in [0, 0.05) is 41.4 Å². The first-order valence-electron chi connectivity index (χ1n) is 16.8. The molecule has 7 aromatic carbocycles. The molecule has 0 saturated carbocycles. The van der Waals surface area contributed by atoms with E-state index in [2.05, 4.69) is 138 Å². The van der Waals surface area contributed by atoms with Gasteiger partial charge in [-0.3, -0.25) is 0 Å². The molecule has 0 spiro atoms. The summed E-state index contributed by atoms with van der Waals surface area (Å²) in [5, 5.41) is 11.8. The van der Waals surface area contributed by atoms with Crippen molar-refractivity contribution in [2.24, 2.45) is 0 Å². The Balaban J connectivity index is 1.25. The quantitative estimate of drug-likeness (QED) is 0.192. The van der Waals surface area contributed by atoms with Crippen molar-refractivity contribution < 1.29 is 9.47 Å². The lowest BCUT2D eigenvalue weighted by Gasteiger charge is -2.25. The lowest BCUT2D eigenvalue weighted by atomic mass is 9.91. The number of ether oxygens (including phenoxy) is 2. The zero-order valence-corrected chi connectivity index (χ0v) is 27.7. The minimum Gasteiger partial charge on any atom is -0.452 e. The number of nitrogens with zero attached hydrogens (tertiary/aromatic N) is 2. The molecule has 8 aromatic rings. The molecule has 1 aliphatic rings. The SMILES string of the molecule is CC1(C)Oc2ccc(-c3cc(-c4ccccc4)cc(-c4ccccc4)c3)cc2-c2cc(-n3c4ccccc4c4cc(C#N)ccc43)ccc2O1. The van der Waals surface area contributed by atoms with E-state index in [1.807, 2.05) is 44.2 Å². The number of para-hydroxylation sites is 1. The first-order valence-corrected chi connectivity index (χ1v) is 16.8. The monoisotopic (exact) mass is 644 g/mol. The summed E-state index contributed by atoms with van der Waals surface area (Å²) in [6, 6.07) is 57.2. The van der Waals surface area contributed by atoms with Crippen molar-refractivity contribution in [3.63, 3.8) is 0 Å². The van der Waals surface area contributed by atoms with E-state index in [0.29, 0.717) is 5.56 Å². The molecule has 50 heavy (non-hydrogen) atoms. The van der Waals surface area contributed by atoms with Gasteiger partial charge in [0.1, 0.15) is 11.5 Å². The van der Waals surface area contributed by atoms with Crippen LogP contribution in [0.1, 0.15) is 19.4 Å². The Morgan fingerprint density at radius 1 is 0.480 bits per heavy atom. The number of hydrogen-bond acceptors (Lipinski definition) is 3. The molecule has 0 aliphatic carbocycles. The van der Waals surface area contributed by atoms with Gasteiger partial charge in [-0.1, -0.05) is 84.9 Å². The zero-order valence-electron chi connectivity index (χ0n) is 27.7. The molecule has 0 radical (unpaired) electrons. The van der Waals surface area contributed by atoms with Crippen molar-refractivity contribution in [2.45, 2.75) is 19.6 Å². The number of fused-ring (bicyclic) bond motifs is 6. The van der Waals surface area contributed by atoms with Crippen LogP contribution in [0.3, 0.4) is 0 Å². The predicted octanol–water partition coefficient (Wildman–Crippen LogP) is 11.8. The van der Waals surface area contributed by atoms with Crippen molar-refractivity contribution >= 4 is 21.8 Å². The molecule has 2 heterocycles. The molecular weight excluding hydrogens is 613 g/mol. The van der Waals surface area contributed by atoms with E-state index in [0.717, 1.165) is 72.4 Å². The largest absolute Gasteiger partial charge is 0.452 e. The van der Waals surface area contributed by atoms with Gasteiger partial charge >= 0.3 is 0 Å². The Morgan fingerprint density at radius 2 is 1.04 bits per heavy atom. The van der Waals surface area contributed by atoms with E-state index in [4.69, 9.17) is 9.47 Å². The van der Waals surface area contributed by atoms with Crippen LogP contribution in [0, 0.1) is 11.3 Å². The van der Waals surface area contributed by atoms with Crippen LogP contribution < -0.4 is 9.47 Å². The topological polar surface area (TPSA) is 47.2 Å². The Kier molecular flexibility index (Phi) is 6.82. The van der Waals surface area contributed by atoms with Crippen LogP contribution in [0.25, 0.3) is 72.0 Å². The Hall–Kier alpha value is -6.57. The first-order chi connectivity index (χ1) is 24.4. The Labute approximate surface area is 291 Å². The second-order valence-electron chi connectivity index (χ2n) is 13.2. The fourth-order valence-electron chi connectivity index (χ4n) is 7.23. The van der Waals surface area contributed by atoms with Crippen molar-refractivity contribution in [2.75, 3.05) is 0 Å². The maximum atomic E-state index is 9.66. The van der Waals surface area contributed by atoms with Gasteiger partial charge < -0.3 is 14.0 Å². The lowest BCUT2D eigenvalue weighted by molar-refractivity contribution is -0.0778. The minimum atomic E-state index is -0.878. The maximum absolute atomic E-state index is 9.66. The van der Waals surface area contributed by atoms with Gasteiger partial charge in [0.05, 0.1) is 22.7 Å². The van der Waals surface area contributed by atoms with E-state index >= 15 is 0 Å². The van der Waals surface area contributed by atoms with Crippen LogP contribution in [0.15, 0.2) is 158 Å². The maximum Gasteiger partial charge on any atom is 0.245 e. The summed E-state index contributed by atoms with van der Waals surface area (Å²) in [5.41, 5.74) is 12.5. The van der Waals surface area contributed by atoms with Crippen molar-refractivity contribution in [1.82, 2.24) is 4.57 Å². The normalized spacial score (nSPS) is 13.1. The van der Waals surface area contributed by atoms with Gasteiger partial charge in [-0.15, -0.1) is 0 Å². The van der Waals surface area contributed by atoms with Gasteiger partial charge in [-0.2, -0.15) is 5.26 Å². The smallest absolute Gasteiger partial charge is 0.245 e. The van der Waals surface area contributed by atoms with E-state index in [1.165, 1.54) is 11.1 Å². The second-order valence-corrected chi connectivity index (χ2v) is 13.2. The van der Waals surface area contributed by atoms with Crippen LogP contribution in [-0.4, -0.2) is 10.4 Å². The van der Waals surface area contributed by atoms with Crippen molar-refractivity contribution in [3.8, 4) is 67.8 Å². The number of hydrogen-bond donors (Lipinski definition) is 0. The summed E-state index contributed by atoms with van der Waals surface area (Å²) in [5.74, 6) is 0.639. The lowest BCUT2D eigenvalue weighted by Crippen LogP contribution is -2.34. The van der Waals surface area contributed by atoms with E-state index < -0.39 is 5.79 Å². The average Bonchev–Trinajstić information content (AvgIpc) is 3.43. The molecule has 0 N–H and O–H groups in total. The van der Waals surface area contributed by atoms with Gasteiger partial charge in [-0.25, -0.2) is 0 Å². The molecule has 0 bridgehead atoms. The summed E-state index contributed by atoms with van der Waals surface area (Å²) in [4.78, 5) is 0. The van der Waals surface area contributed by atoms with E-state index in [-0.39, 0.29) is 0 Å². The van der Waals surface area contributed by atoms with Gasteiger partial charge in [0.25, 0.3) is 0 Å². The first kappa shape index (κ1) is 29.6. The number of aromatic nitrogens is 1. The third-order valence-corrected chi connectivity index (χ3v) is 9.48. The fraction of sp³-hybridized carbons (Fsp3) is 0.0652. The third kappa shape index (κ3) is 5.08. The van der Waals surface area contributed by atoms with Crippen molar-refractivity contribution in [3.05, 3.63) is 163 Å². The zero-order chi connectivity index (χ0) is 33.8. The number of benzene rings is 7. The summed E-state index contributed by atoms with van der Waals surface area (Å²) in [6.45, 7) is 3.89. The molecule has 0 atom stereocenters. The van der Waals surface area contributed by atoms with Gasteiger partial charge in [0.2, 0.25) is 5.79 Å². The number of rotatable bonds is 4. The molecule has 9 rings (SSSR count). The molecule has 4 nitrogen and oxygen atoms in total. The molecule has 1 aromatic heterocycles. The van der Waals surface area contributed by atoms with E-state index in [1.54, 1.807) is 0 Å². The highest BCUT2D eigenvalue weighted by atomic mass is 16.7. The average molecular weight is 645 g/mol. The summed E-state index contributed by atoms with van der Waals surface area (Å²) in [7, 11) is 0. The Morgan fingerprint density at radius 3 is 1.70 bits per heavy atom. The summed E-state index contributed by atoms with van der Waals surface area (Å²) < 4.78 is 15.3. The second kappa shape index (κ2) is 11.5. The minimum absolute atomic E-state index is 0.642. The highest BCUT2D eigenvalue weighted by Gasteiger charge is 2.30. The highest BCUT2D eigenvalue weighted by Crippen LogP contribution is 2.46. The molecule has 1 aliphatic heterocycles. The van der Waals surface area contributed by atoms with Crippen LogP contribution in [0.2, 0.25) is 0 Å². The predicted molar refractivity (Wildman–Crippen MR) is 203 cm³/mol. The standard InChI is InChI=1S/C46H32N2O2/c1-46(2)49-44-21-18-33(36-25-34(31-11-5-3-6-12-31)24-35(26-36)32-13-7-4-8-14-32)27-40(44)41-28-37(19-22-45(41)50-46)48-42-16-10-9-15-38(42)39-23-30(29-47)17-20-43(39)48/h3-28H,1-2H3. The molecule has 0 unspecified atom stereocenters. The third-order valence-electron chi connectivity index (χ3n) is 9.48. The summed E-state index contributed by atoms with van der Waals surface area (Å²) >= 11 is 0. The van der Waals surface area contributed by atoms with Crippen LogP contribution >= 0.6 is 0 Å². The molecule has 4 heteroatoms. The molecule has 0 fully saturated rings. The van der Waals surface area contributed by atoms with Crippen molar-refractivity contribution in [1.29, 1.82) is 5.26 Å². The fourth-order valence-corrected chi connectivity index (χ4v) is 7.23.